The average Bonchev–Trinajstić information content (AvgIpc) is 3.83. The molecule has 16 heteroatoms. The molecule has 1 aromatic heterocycles. The number of piperidine rings is 1. The number of para-hydroxylation sites is 1. The third-order valence-electron chi connectivity index (χ3n) is 15.9. The molecule has 4 saturated heterocycles. The van der Waals surface area contributed by atoms with E-state index in [9.17, 15) is 0 Å². The zero-order valence-electron chi connectivity index (χ0n) is 41.9. The van der Waals surface area contributed by atoms with Gasteiger partial charge in [-0.05, 0) is 109 Å². The summed E-state index contributed by atoms with van der Waals surface area (Å²) >= 11 is 24.3. The number of hydrogen-bond donors (Lipinski definition) is 2. The van der Waals surface area contributed by atoms with Crippen molar-refractivity contribution < 1.29 is 37.9 Å². The second kappa shape index (κ2) is 23.7. The number of methoxy groups -OCH3 is 3. The van der Waals surface area contributed by atoms with Gasteiger partial charge >= 0.3 is 0 Å². The van der Waals surface area contributed by atoms with Gasteiger partial charge in [-0.1, -0.05) is 85.6 Å². The Kier molecular flexibility index (Phi) is 17.1. The van der Waals surface area contributed by atoms with Crippen LogP contribution in [0.2, 0.25) is 0 Å². The van der Waals surface area contributed by atoms with Crippen molar-refractivity contribution in [2.75, 3.05) is 47.7 Å². The molecule has 4 aliphatic heterocycles. The molecule has 73 heavy (non-hydrogen) atoms. The predicted octanol–water partition coefficient (Wildman–Crippen LogP) is 10.8. The largest absolute Gasteiger partial charge is 0.497 e. The Labute approximate surface area is 449 Å². The van der Waals surface area contributed by atoms with Gasteiger partial charge in [-0.15, -0.1) is 34.8 Å². The first-order valence-corrected chi connectivity index (χ1v) is 27.8. The van der Waals surface area contributed by atoms with Crippen molar-refractivity contribution >= 4 is 46.8 Å². The standard InChI is InChI=1S/C57H67Cl3N4O8S/c1-56-29-45(58)52(46(59)30-56)72-43(34-71-57(36-10-6-5-7-11-36,37-14-18-40(65-2)19-15-37)38-16-20-41(66-3)21-17-38)33-69-42-22-23-47(70-32-39-24-26-61-54(63-39)44-12-8-9-13-48(44)67-4)35(28-42)25-27-68-55-50-49(73-64-55)31-62-53(60)51(50)56/h5-21,24,26,35,42-43,45-47,49-53,55,62,64H,22-23,25,27-34H2,1-4H3/t35?,42?,43-,45?,46?,47?,49?,50?,51?,52?,53?,55?,56?/m0/s1. The predicted molar refractivity (Wildman–Crippen MR) is 287 cm³/mol. The van der Waals surface area contributed by atoms with Crippen molar-refractivity contribution in [3.63, 3.8) is 0 Å². The first kappa shape index (κ1) is 52.7. The van der Waals surface area contributed by atoms with Crippen molar-refractivity contribution in [3.8, 4) is 28.6 Å². The summed E-state index contributed by atoms with van der Waals surface area (Å²) < 4.78 is 56.1. The van der Waals surface area contributed by atoms with Gasteiger partial charge in [-0.25, -0.2) is 14.7 Å². The summed E-state index contributed by atoms with van der Waals surface area (Å²) in [5.74, 6) is 3.09. The number of benzene rings is 4. The van der Waals surface area contributed by atoms with Crippen LogP contribution >= 0.6 is 46.8 Å². The van der Waals surface area contributed by atoms with Gasteiger partial charge in [0.05, 0.1) is 87.0 Å². The fraction of sp³-hybridized carbons (Fsp3) is 0.509. The van der Waals surface area contributed by atoms with Crippen LogP contribution in [-0.2, 0) is 35.9 Å². The molecular formula is C57H67Cl3N4O8S. The third-order valence-corrected chi connectivity index (χ3v) is 18.3. The Morgan fingerprint density at radius 3 is 2.16 bits per heavy atom. The summed E-state index contributed by atoms with van der Waals surface area (Å²) in [6.45, 7) is 4.38. The van der Waals surface area contributed by atoms with Gasteiger partial charge in [0.1, 0.15) is 35.2 Å². The molecule has 4 bridgehead atoms. The minimum Gasteiger partial charge on any atom is -0.497 e. The molecule has 6 aliphatic rings. The number of alkyl halides is 3. The quantitative estimate of drug-likeness (QED) is 0.0504. The van der Waals surface area contributed by atoms with Gasteiger partial charge in [0.15, 0.2) is 5.82 Å². The topological polar surface area (TPSA) is 124 Å². The second-order valence-corrected chi connectivity index (χ2v) is 23.0. The van der Waals surface area contributed by atoms with Crippen molar-refractivity contribution in [1.29, 1.82) is 0 Å². The summed E-state index contributed by atoms with van der Waals surface area (Å²) in [4.78, 5) is 9.50. The Morgan fingerprint density at radius 2 is 1.47 bits per heavy atom. The number of rotatable bonds is 13. The van der Waals surface area contributed by atoms with Crippen LogP contribution in [0.1, 0.15) is 67.8 Å². The van der Waals surface area contributed by atoms with Crippen molar-refractivity contribution in [2.45, 2.75) is 110 Å². The van der Waals surface area contributed by atoms with E-state index in [0.29, 0.717) is 31.9 Å². The van der Waals surface area contributed by atoms with Crippen LogP contribution in [-0.4, -0.2) is 110 Å². The molecule has 0 amide bonds. The molecule has 2 N–H and O–H groups in total. The zero-order chi connectivity index (χ0) is 50.5. The van der Waals surface area contributed by atoms with Crippen molar-refractivity contribution in [2.24, 2.45) is 23.2 Å². The maximum atomic E-state index is 7.59. The number of fused-ring (bicyclic) bond motifs is 7. The fourth-order valence-corrected chi connectivity index (χ4v) is 15.2. The van der Waals surface area contributed by atoms with Crippen LogP contribution in [0.4, 0.5) is 0 Å². The summed E-state index contributed by atoms with van der Waals surface area (Å²) in [5, 5.41) is 3.07. The Hall–Kier alpha value is -3.70. The molecule has 12 nitrogen and oxygen atoms in total. The van der Waals surface area contributed by atoms with Crippen molar-refractivity contribution in [3.05, 3.63) is 138 Å². The fourth-order valence-electron chi connectivity index (χ4n) is 12.2. The van der Waals surface area contributed by atoms with E-state index in [2.05, 4.69) is 58.3 Å². The Bertz CT molecular complexity index is 2510. The SMILES string of the molecule is COc1ccc(C(OC[C@@H]2COC3CCC(OCc4ccnc(-c5ccccc5OC)n4)C(CCOC4NSC5CNC(Cl)C(C45)C4(C)CC(Cl)C(O2)C(Cl)C4)C3)(c2ccccc2)c2ccc(OC)cc2)cc1. The van der Waals surface area contributed by atoms with E-state index < -0.39 is 28.6 Å². The highest BCUT2D eigenvalue weighted by atomic mass is 35.5. The van der Waals surface area contributed by atoms with Crippen LogP contribution in [0.5, 0.6) is 17.2 Å². The van der Waals surface area contributed by atoms with Crippen LogP contribution in [0.15, 0.2) is 115 Å². The molecule has 2 aliphatic carbocycles. The highest BCUT2D eigenvalue weighted by Gasteiger charge is 2.58. The lowest BCUT2D eigenvalue weighted by Gasteiger charge is -2.53. The summed E-state index contributed by atoms with van der Waals surface area (Å²) in [6.07, 6.45) is 4.89. The highest BCUT2D eigenvalue weighted by molar-refractivity contribution is 7.98. The van der Waals surface area contributed by atoms with E-state index >= 15 is 0 Å². The number of ether oxygens (including phenoxy) is 8. The molecule has 5 aromatic rings. The lowest BCUT2D eigenvalue weighted by molar-refractivity contribution is -0.144. The Morgan fingerprint density at radius 1 is 0.781 bits per heavy atom. The molecule has 2 saturated carbocycles. The number of nitrogens with one attached hydrogen (secondary N) is 2. The van der Waals surface area contributed by atoms with E-state index in [0.717, 1.165) is 77.4 Å². The molecule has 0 radical (unpaired) electrons. The number of nitrogens with zero attached hydrogens (tertiary/aromatic N) is 2. The summed E-state index contributed by atoms with van der Waals surface area (Å²) in [7, 11) is 5.00. The molecule has 4 aromatic carbocycles. The number of halogens is 3. The molecule has 11 atom stereocenters. The number of aromatic nitrogens is 2. The summed E-state index contributed by atoms with van der Waals surface area (Å²) in [5.41, 5.74) is 2.73. The van der Waals surface area contributed by atoms with Gasteiger partial charge in [0, 0.05) is 36.4 Å². The Balaban J connectivity index is 0.962. The van der Waals surface area contributed by atoms with E-state index in [-0.39, 0.29) is 65.6 Å². The molecule has 11 rings (SSSR count). The van der Waals surface area contributed by atoms with Crippen LogP contribution in [0.25, 0.3) is 11.4 Å². The van der Waals surface area contributed by atoms with Gasteiger partial charge < -0.3 is 37.9 Å². The minimum atomic E-state index is -1.08. The zero-order valence-corrected chi connectivity index (χ0v) is 45.0. The molecular weight excluding hydrogens is 1010 g/mol. The van der Waals surface area contributed by atoms with Crippen LogP contribution in [0, 0.1) is 23.2 Å². The van der Waals surface area contributed by atoms with Crippen molar-refractivity contribution in [1.82, 2.24) is 20.0 Å². The van der Waals surface area contributed by atoms with E-state index in [4.69, 9.17) is 77.7 Å². The van der Waals surface area contributed by atoms with Gasteiger partial charge in [-0.2, -0.15) is 0 Å². The summed E-state index contributed by atoms with van der Waals surface area (Å²) in [6, 6.07) is 36.1. The minimum absolute atomic E-state index is 0.0197. The molecule has 0 spiro atoms. The van der Waals surface area contributed by atoms with E-state index in [1.54, 1.807) is 39.5 Å². The van der Waals surface area contributed by atoms with Gasteiger partial charge in [0.25, 0.3) is 0 Å². The van der Waals surface area contributed by atoms with Gasteiger partial charge in [-0.3, -0.25) is 5.32 Å². The first-order valence-electron chi connectivity index (χ1n) is 25.6. The lowest BCUT2D eigenvalue weighted by Crippen LogP contribution is -2.60. The normalized spacial score (nSPS) is 31.8. The molecule has 390 valence electrons. The second-order valence-electron chi connectivity index (χ2n) is 20.3. The molecule has 5 heterocycles. The third kappa shape index (κ3) is 11.4. The maximum absolute atomic E-state index is 7.59. The molecule has 6 fully saturated rings. The van der Waals surface area contributed by atoms with Crippen LogP contribution in [0.3, 0.4) is 0 Å². The van der Waals surface area contributed by atoms with E-state index in [1.807, 2.05) is 72.8 Å². The maximum Gasteiger partial charge on any atom is 0.163 e. The average molecular weight is 1070 g/mol. The van der Waals surface area contributed by atoms with Gasteiger partial charge in [0.2, 0.25) is 0 Å². The van der Waals surface area contributed by atoms with E-state index in [1.165, 1.54) is 0 Å². The first-order chi connectivity index (χ1) is 35.6. The van der Waals surface area contributed by atoms with Crippen LogP contribution < -0.4 is 24.2 Å². The number of hydrogen-bond acceptors (Lipinski definition) is 13. The highest BCUT2D eigenvalue weighted by Crippen LogP contribution is 2.56. The monoisotopic (exact) mass is 1070 g/mol. The smallest absolute Gasteiger partial charge is 0.163 e. The molecule has 10 unspecified atom stereocenters. The lowest BCUT2D eigenvalue weighted by atomic mass is 9.60.